The van der Waals surface area contributed by atoms with Crippen LogP contribution in [0.4, 0.5) is 5.69 Å². The maximum atomic E-state index is 5.70. The number of aromatic nitrogens is 2. The Hall–Kier alpha value is -1.97. The Morgan fingerprint density at radius 3 is 2.65 bits per heavy atom. The van der Waals surface area contributed by atoms with Crippen molar-refractivity contribution in [3.05, 3.63) is 42.2 Å². The Balaban J connectivity index is 1.76. The van der Waals surface area contributed by atoms with Gasteiger partial charge < -0.3 is 10.1 Å². The minimum atomic E-state index is 0.793. The maximum absolute atomic E-state index is 5.70. The van der Waals surface area contributed by atoms with Crippen LogP contribution in [0.5, 0.6) is 5.75 Å². The first-order valence-corrected chi connectivity index (χ1v) is 7.22. The Morgan fingerprint density at radius 2 is 2.00 bits per heavy atom. The molecule has 1 aromatic carbocycles. The van der Waals surface area contributed by atoms with Crippen molar-refractivity contribution in [1.82, 2.24) is 9.78 Å². The summed E-state index contributed by atoms with van der Waals surface area (Å²) in [4.78, 5) is 0. The summed E-state index contributed by atoms with van der Waals surface area (Å²) in [6.45, 7) is 3.80. The molecule has 0 amide bonds. The van der Waals surface area contributed by atoms with Gasteiger partial charge in [0.25, 0.3) is 0 Å². The van der Waals surface area contributed by atoms with Gasteiger partial charge >= 0.3 is 0 Å². The second-order valence-electron chi connectivity index (χ2n) is 4.96. The molecule has 1 N–H and O–H groups in total. The molecule has 2 rings (SSSR count). The van der Waals surface area contributed by atoms with Gasteiger partial charge in [-0.15, -0.1) is 0 Å². The molecule has 108 valence electrons. The Bertz CT molecular complexity index is 505. The van der Waals surface area contributed by atoms with Crippen LogP contribution in [-0.2, 0) is 13.6 Å². The molecule has 0 aliphatic carbocycles. The summed E-state index contributed by atoms with van der Waals surface area (Å²) in [5.41, 5.74) is 2.27. The fraction of sp³-hybridized carbons (Fsp3) is 0.438. The zero-order valence-corrected chi connectivity index (χ0v) is 12.3. The van der Waals surface area contributed by atoms with Crippen molar-refractivity contribution < 1.29 is 4.74 Å². The average molecular weight is 273 g/mol. The number of nitrogens with one attached hydrogen (secondary N) is 1. The molecule has 0 fully saturated rings. The van der Waals surface area contributed by atoms with Crippen LogP contribution in [0.2, 0.25) is 0 Å². The van der Waals surface area contributed by atoms with E-state index >= 15 is 0 Å². The molecule has 1 aromatic heterocycles. The number of anilines is 1. The molecular formula is C16H23N3O. The SMILES string of the molecule is CCCCCOc1ccc(CNc2cnn(C)c2)cc1. The summed E-state index contributed by atoms with van der Waals surface area (Å²) in [6.07, 6.45) is 7.37. The number of unbranched alkanes of at least 4 members (excludes halogenated alkanes) is 2. The third-order valence-corrected chi connectivity index (χ3v) is 3.14. The smallest absolute Gasteiger partial charge is 0.119 e. The summed E-state index contributed by atoms with van der Waals surface area (Å²) in [6, 6.07) is 8.26. The Labute approximate surface area is 120 Å². The third kappa shape index (κ3) is 4.61. The van der Waals surface area contributed by atoms with Gasteiger partial charge in [0.15, 0.2) is 0 Å². The average Bonchev–Trinajstić information content (AvgIpc) is 2.88. The highest BCUT2D eigenvalue weighted by atomic mass is 16.5. The van der Waals surface area contributed by atoms with Crippen LogP contribution in [0.15, 0.2) is 36.7 Å². The molecule has 4 heteroatoms. The molecule has 20 heavy (non-hydrogen) atoms. The first-order chi connectivity index (χ1) is 9.78. The standard InChI is InChI=1S/C16H23N3O/c1-3-4-5-10-20-16-8-6-14(7-9-16)11-17-15-12-18-19(2)13-15/h6-9,12-13,17H,3-5,10-11H2,1-2H3. The molecule has 0 aliphatic heterocycles. The van der Waals surface area contributed by atoms with Crippen LogP contribution in [0.1, 0.15) is 31.7 Å². The van der Waals surface area contributed by atoms with Crippen molar-refractivity contribution in [3.63, 3.8) is 0 Å². The minimum Gasteiger partial charge on any atom is -0.494 e. The minimum absolute atomic E-state index is 0.793. The normalized spacial score (nSPS) is 10.5. The first-order valence-electron chi connectivity index (χ1n) is 7.22. The molecule has 0 spiro atoms. The molecule has 0 aliphatic rings. The summed E-state index contributed by atoms with van der Waals surface area (Å²) < 4.78 is 7.48. The van der Waals surface area contributed by atoms with Gasteiger partial charge in [-0.2, -0.15) is 5.10 Å². The van der Waals surface area contributed by atoms with Crippen LogP contribution >= 0.6 is 0 Å². The van der Waals surface area contributed by atoms with Crippen molar-refractivity contribution in [2.24, 2.45) is 7.05 Å². The second kappa shape index (κ2) is 7.58. The summed E-state index contributed by atoms with van der Waals surface area (Å²) >= 11 is 0. The van der Waals surface area contributed by atoms with E-state index in [0.717, 1.165) is 31.0 Å². The van der Waals surface area contributed by atoms with Crippen LogP contribution in [-0.4, -0.2) is 16.4 Å². The molecule has 0 radical (unpaired) electrons. The van der Waals surface area contributed by atoms with Gasteiger partial charge in [0.1, 0.15) is 5.75 Å². The van der Waals surface area contributed by atoms with Crippen LogP contribution in [0.3, 0.4) is 0 Å². The van der Waals surface area contributed by atoms with Gasteiger partial charge in [-0.1, -0.05) is 31.9 Å². The van der Waals surface area contributed by atoms with Crippen molar-refractivity contribution >= 4 is 5.69 Å². The largest absolute Gasteiger partial charge is 0.494 e. The lowest BCUT2D eigenvalue weighted by Gasteiger charge is -2.07. The third-order valence-electron chi connectivity index (χ3n) is 3.14. The fourth-order valence-electron chi connectivity index (χ4n) is 1.96. The summed E-state index contributed by atoms with van der Waals surface area (Å²) in [7, 11) is 1.91. The number of benzene rings is 1. The van der Waals surface area contributed by atoms with Gasteiger partial charge in [0, 0.05) is 19.8 Å². The zero-order chi connectivity index (χ0) is 14.2. The molecule has 0 saturated carbocycles. The highest BCUT2D eigenvalue weighted by Crippen LogP contribution is 2.14. The van der Waals surface area contributed by atoms with E-state index in [9.17, 15) is 0 Å². The van der Waals surface area contributed by atoms with E-state index < -0.39 is 0 Å². The number of nitrogens with zero attached hydrogens (tertiary/aromatic N) is 2. The molecule has 0 bridgehead atoms. The van der Waals surface area contributed by atoms with E-state index in [4.69, 9.17) is 4.74 Å². The zero-order valence-electron chi connectivity index (χ0n) is 12.3. The number of hydrogen-bond acceptors (Lipinski definition) is 3. The number of aryl methyl sites for hydroxylation is 1. The van der Waals surface area contributed by atoms with Crippen LogP contribution in [0, 0.1) is 0 Å². The second-order valence-corrected chi connectivity index (χ2v) is 4.96. The van der Waals surface area contributed by atoms with Crippen molar-refractivity contribution in [1.29, 1.82) is 0 Å². The van der Waals surface area contributed by atoms with Crippen molar-refractivity contribution in [2.45, 2.75) is 32.7 Å². The maximum Gasteiger partial charge on any atom is 0.119 e. The highest BCUT2D eigenvalue weighted by molar-refractivity contribution is 5.39. The van der Waals surface area contributed by atoms with Crippen molar-refractivity contribution in [2.75, 3.05) is 11.9 Å². The molecular weight excluding hydrogens is 250 g/mol. The number of ether oxygens (including phenoxy) is 1. The lowest BCUT2D eigenvalue weighted by atomic mass is 10.2. The molecule has 0 atom stereocenters. The lowest BCUT2D eigenvalue weighted by molar-refractivity contribution is 0.306. The van der Waals surface area contributed by atoms with E-state index in [1.807, 2.05) is 31.6 Å². The predicted octanol–water partition coefficient (Wildman–Crippen LogP) is 3.60. The predicted molar refractivity (Wildman–Crippen MR) is 82.0 cm³/mol. The van der Waals surface area contributed by atoms with Gasteiger partial charge in [-0.05, 0) is 24.1 Å². The molecule has 4 nitrogen and oxygen atoms in total. The van der Waals surface area contributed by atoms with E-state index in [1.165, 1.54) is 18.4 Å². The molecule has 2 aromatic rings. The van der Waals surface area contributed by atoms with Crippen LogP contribution < -0.4 is 10.1 Å². The fourth-order valence-corrected chi connectivity index (χ4v) is 1.96. The quantitative estimate of drug-likeness (QED) is 0.747. The molecule has 0 unspecified atom stereocenters. The topological polar surface area (TPSA) is 39.1 Å². The van der Waals surface area contributed by atoms with Crippen LogP contribution in [0.25, 0.3) is 0 Å². The van der Waals surface area contributed by atoms with Gasteiger partial charge in [-0.25, -0.2) is 0 Å². The van der Waals surface area contributed by atoms with E-state index in [0.29, 0.717) is 0 Å². The number of hydrogen-bond donors (Lipinski definition) is 1. The summed E-state index contributed by atoms with van der Waals surface area (Å²) in [5, 5.41) is 7.46. The molecule has 0 saturated heterocycles. The highest BCUT2D eigenvalue weighted by Gasteiger charge is 1.98. The van der Waals surface area contributed by atoms with Gasteiger partial charge in [-0.3, -0.25) is 4.68 Å². The van der Waals surface area contributed by atoms with Gasteiger partial charge in [0.2, 0.25) is 0 Å². The van der Waals surface area contributed by atoms with E-state index in [1.54, 1.807) is 4.68 Å². The van der Waals surface area contributed by atoms with E-state index in [-0.39, 0.29) is 0 Å². The monoisotopic (exact) mass is 273 g/mol. The van der Waals surface area contributed by atoms with Gasteiger partial charge in [0.05, 0.1) is 18.5 Å². The molecule has 1 heterocycles. The number of rotatable bonds is 8. The summed E-state index contributed by atoms with van der Waals surface area (Å²) in [5.74, 6) is 0.950. The van der Waals surface area contributed by atoms with E-state index in [2.05, 4.69) is 29.5 Å². The first kappa shape index (κ1) is 14.4. The lowest BCUT2D eigenvalue weighted by Crippen LogP contribution is -2.00. The van der Waals surface area contributed by atoms with Crippen molar-refractivity contribution in [3.8, 4) is 5.75 Å². The Kier molecular flexibility index (Phi) is 5.47. The Morgan fingerprint density at radius 1 is 1.20 bits per heavy atom.